The fourth-order valence-corrected chi connectivity index (χ4v) is 2.18. The van der Waals surface area contributed by atoms with Crippen LogP contribution >= 0.6 is 0 Å². The Balaban J connectivity index is 1.59. The largest absolute Gasteiger partial charge is 0.361 e. The van der Waals surface area contributed by atoms with Gasteiger partial charge < -0.3 is 14.4 Å². The molecule has 0 aliphatic heterocycles. The third kappa shape index (κ3) is 3.45. The van der Waals surface area contributed by atoms with Gasteiger partial charge in [-0.2, -0.15) is 4.98 Å². The molecule has 0 radical (unpaired) electrons. The van der Waals surface area contributed by atoms with E-state index in [1.54, 1.807) is 6.92 Å². The number of amides is 1. The zero-order valence-corrected chi connectivity index (χ0v) is 12.9. The van der Waals surface area contributed by atoms with E-state index in [1.165, 1.54) is 0 Å². The number of benzene rings is 1. The molecule has 3 aromatic rings. The van der Waals surface area contributed by atoms with Crippen molar-refractivity contribution in [2.24, 2.45) is 0 Å². The van der Waals surface area contributed by atoms with Crippen LogP contribution in [0.4, 0.5) is 0 Å². The molecule has 0 bridgehead atoms. The summed E-state index contributed by atoms with van der Waals surface area (Å²) in [7, 11) is 0. The van der Waals surface area contributed by atoms with E-state index in [9.17, 15) is 4.79 Å². The summed E-state index contributed by atoms with van der Waals surface area (Å²) in [5, 5.41) is 10.5. The Morgan fingerprint density at radius 3 is 2.61 bits per heavy atom. The Morgan fingerprint density at radius 1 is 1.13 bits per heavy atom. The molecule has 2 aromatic heterocycles. The van der Waals surface area contributed by atoms with E-state index in [4.69, 9.17) is 9.05 Å². The average molecular weight is 312 g/mol. The lowest BCUT2D eigenvalue weighted by atomic mass is 10.1. The minimum atomic E-state index is -0.154. The number of nitrogens with zero attached hydrogens (tertiary/aromatic N) is 3. The van der Waals surface area contributed by atoms with Crippen molar-refractivity contribution in [1.82, 2.24) is 20.6 Å². The first-order valence-corrected chi connectivity index (χ1v) is 7.20. The highest BCUT2D eigenvalue weighted by molar-refractivity contribution is 5.78. The maximum absolute atomic E-state index is 12.0. The van der Waals surface area contributed by atoms with Crippen LogP contribution in [0.3, 0.4) is 0 Å². The van der Waals surface area contributed by atoms with Crippen LogP contribution in [0.25, 0.3) is 11.4 Å². The molecule has 1 aromatic carbocycles. The van der Waals surface area contributed by atoms with Gasteiger partial charge in [-0.25, -0.2) is 0 Å². The second-order valence-electron chi connectivity index (χ2n) is 5.13. The quantitative estimate of drug-likeness (QED) is 0.776. The smallest absolute Gasteiger partial charge is 0.246 e. The van der Waals surface area contributed by atoms with Crippen molar-refractivity contribution in [1.29, 1.82) is 0 Å². The summed E-state index contributed by atoms with van der Waals surface area (Å²) in [6.07, 6.45) is 0.209. The maximum atomic E-state index is 12.0. The third-order valence-corrected chi connectivity index (χ3v) is 3.46. The van der Waals surface area contributed by atoms with Crippen LogP contribution in [0.2, 0.25) is 0 Å². The molecular weight excluding hydrogens is 296 g/mol. The summed E-state index contributed by atoms with van der Waals surface area (Å²) in [6.45, 7) is 3.78. The molecular formula is C16H16N4O3. The fourth-order valence-electron chi connectivity index (χ4n) is 2.18. The molecule has 1 amide bonds. The minimum absolute atomic E-state index is 0.154. The Morgan fingerprint density at radius 2 is 1.91 bits per heavy atom. The molecule has 2 heterocycles. The van der Waals surface area contributed by atoms with Crippen molar-refractivity contribution in [3.8, 4) is 11.4 Å². The predicted molar refractivity (Wildman–Crippen MR) is 81.3 cm³/mol. The molecule has 7 heteroatoms. The normalized spacial score (nSPS) is 10.7. The van der Waals surface area contributed by atoms with Crippen LogP contribution in [0.5, 0.6) is 0 Å². The van der Waals surface area contributed by atoms with Gasteiger partial charge in [-0.1, -0.05) is 40.6 Å². The lowest BCUT2D eigenvalue weighted by molar-refractivity contribution is -0.120. The molecule has 0 atom stereocenters. The third-order valence-electron chi connectivity index (χ3n) is 3.46. The van der Waals surface area contributed by atoms with Gasteiger partial charge in [-0.15, -0.1) is 0 Å². The van der Waals surface area contributed by atoms with Gasteiger partial charge in [0.2, 0.25) is 17.6 Å². The number of aryl methyl sites for hydroxylation is 2. The molecule has 118 valence electrons. The van der Waals surface area contributed by atoms with E-state index < -0.39 is 0 Å². The number of hydrogen-bond acceptors (Lipinski definition) is 6. The molecule has 7 nitrogen and oxygen atoms in total. The summed E-state index contributed by atoms with van der Waals surface area (Å²) in [4.78, 5) is 16.3. The Bertz CT molecular complexity index is 788. The van der Waals surface area contributed by atoms with Crippen LogP contribution in [0.15, 0.2) is 39.4 Å². The van der Waals surface area contributed by atoms with Crippen molar-refractivity contribution >= 4 is 5.91 Å². The van der Waals surface area contributed by atoms with E-state index in [1.807, 2.05) is 37.3 Å². The van der Waals surface area contributed by atoms with E-state index in [0.717, 1.165) is 16.8 Å². The fraction of sp³-hybridized carbons (Fsp3) is 0.250. The van der Waals surface area contributed by atoms with Crippen molar-refractivity contribution in [3.63, 3.8) is 0 Å². The Labute approximate surface area is 132 Å². The van der Waals surface area contributed by atoms with Crippen LogP contribution in [-0.2, 0) is 17.8 Å². The maximum Gasteiger partial charge on any atom is 0.246 e. The molecule has 0 unspecified atom stereocenters. The highest BCUT2D eigenvalue weighted by atomic mass is 16.5. The number of aromatic nitrogens is 3. The minimum Gasteiger partial charge on any atom is -0.361 e. The van der Waals surface area contributed by atoms with Gasteiger partial charge in [-0.05, 0) is 13.8 Å². The zero-order valence-electron chi connectivity index (χ0n) is 12.9. The number of rotatable bonds is 5. The SMILES string of the molecule is Cc1noc(C)c1CC(=O)NCc1nc(-c2ccccc2)no1. The molecule has 0 saturated heterocycles. The van der Waals surface area contributed by atoms with E-state index in [2.05, 4.69) is 20.6 Å². The van der Waals surface area contributed by atoms with Gasteiger partial charge in [0.1, 0.15) is 5.76 Å². The number of hydrogen-bond donors (Lipinski definition) is 1. The van der Waals surface area contributed by atoms with Crippen LogP contribution < -0.4 is 5.32 Å². The van der Waals surface area contributed by atoms with Gasteiger partial charge in [0.25, 0.3) is 0 Å². The first-order valence-electron chi connectivity index (χ1n) is 7.20. The highest BCUT2D eigenvalue weighted by Crippen LogP contribution is 2.15. The second kappa shape index (κ2) is 6.43. The first kappa shape index (κ1) is 15.0. The van der Waals surface area contributed by atoms with Crippen LogP contribution in [0, 0.1) is 13.8 Å². The lowest BCUT2D eigenvalue weighted by Gasteiger charge is -2.01. The summed E-state index contributed by atoms with van der Waals surface area (Å²) in [5.41, 5.74) is 2.39. The van der Waals surface area contributed by atoms with Gasteiger partial charge >= 0.3 is 0 Å². The summed E-state index contributed by atoms with van der Waals surface area (Å²) >= 11 is 0. The first-order chi connectivity index (χ1) is 11.1. The van der Waals surface area contributed by atoms with E-state index in [0.29, 0.717) is 17.5 Å². The standard InChI is InChI=1S/C16H16N4O3/c1-10-13(11(2)22-19-10)8-14(21)17-9-15-18-16(20-23-15)12-6-4-3-5-7-12/h3-7H,8-9H2,1-2H3,(H,17,21). The molecule has 0 saturated carbocycles. The number of carbonyl (C=O) groups excluding carboxylic acids is 1. The van der Waals surface area contributed by atoms with Crippen molar-refractivity contribution in [2.75, 3.05) is 0 Å². The summed E-state index contributed by atoms with van der Waals surface area (Å²) < 4.78 is 10.2. The van der Waals surface area contributed by atoms with E-state index >= 15 is 0 Å². The monoisotopic (exact) mass is 312 g/mol. The van der Waals surface area contributed by atoms with E-state index in [-0.39, 0.29) is 18.9 Å². The van der Waals surface area contributed by atoms with Crippen molar-refractivity contribution in [2.45, 2.75) is 26.8 Å². The van der Waals surface area contributed by atoms with Crippen LogP contribution in [-0.4, -0.2) is 21.2 Å². The van der Waals surface area contributed by atoms with Crippen LogP contribution in [0.1, 0.15) is 22.9 Å². The molecule has 0 aliphatic carbocycles. The molecule has 1 N–H and O–H groups in total. The van der Waals surface area contributed by atoms with Crippen molar-refractivity contribution in [3.05, 3.63) is 53.2 Å². The Hall–Kier alpha value is -2.96. The molecule has 3 rings (SSSR count). The summed E-state index contributed by atoms with van der Waals surface area (Å²) in [6, 6.07) is 9.50. The van der Waals surface area contributed by atoms with Gasteiger partial charge in [-0.3, -0.25) is 4.79 Å². The average Bonchev–Trinajstić information content (AvgIpc) is 3.16. The summed E-state index contributed by atoms with van der Waals surface area (Å²) in [5.74, 6) is 1.36. The molecule has 0 aliphatic rings. The Kier molecular flexibility index (Phi) is 4.18. The molecule has 0 spiro atoms. The lowest BCUT2D eigenvalue weighted by Crippen LogP contribution is -2.25. The van der Waals surface area contributed by atoms with Gasteiger partial charge in [0.05, 0.1) is 18.7 Å². The zero-order chi connectivity index (χ0) is 16.2. The van der Waals surface area contributed by atoms with Crippen molar-refractivity contribution < 1.29 is 13.8 Å². The van der Waals surface area contributed by atoms with Gasteiger partial charge in [0.15, 0.2) is 0 Å². The topological polar surface area (TPSA) is 94.1 Å². The number of nitrogens with one attached hydrogen (secondary N) is 1. The molecule has 23 heavy (non-hydrogen) atoms. The number of carbonyl (C=O) groups is 1. The molecule has 0 fully saturated rings. The predicted octanol–water partition coefficient (Wildman–Crippen LogP) is 2.20. The highest BCUT2D eigenvalue weighted by Gasteiger charge is 2.14. The van der Waals surface area contributed by atoms with Gasteiger partial charge in [0, 0.05) is 11.1 Å². The second-order valence-corrected chi connectivity index (χ2v) is 5.13.